The number of aromatic nitrogens is 1. The number of nitrogens with zero attached hydrogens (tertiary/aromatic N) is 2. The van der Waals surface area contributed by atoms with Crippen molar-refractivity contribution in [3.8, 4) is 11.6 Å². The minimum Gasteiger partial charge on any atom is -0.436 e. The lowest BCUT2D eigenvalue weighted by Gasteiger charge is -2.10. The van der Waals surface area contributed by atoms with E-state index in [1.54, 1.807) is 13.0 Å². The number of hydrogen-bond donors (Lipinski definition) is 1. The lowest BCUT2D eigenvalue weighted by Crippen LogP contribution is -1.96. The second-order valence-corrected chi connectivity index (χ2v) is 5.02. The van der Waals surface area contributed by atoms with Gasteiger partial charge in [0.25, 0.3) is 5.69 Å². The molecule has 2 rings (SSSR count). The topological polar surface area (TPSA) is 85.5 Å². The average Bonchev–Trinajstić information content (AvgIpc) is 2.42. The third-order valence-corrected chi connectivity index (χ3v) is 3.20. The van der Waals surface area contributed by atoms with Crippen molar-refractivity contribution >= 4 is 28.9 Å². The summed E-state index contributed by atoms with van der Waals surface area (Å²) in [6.45, 7) is 1.60. The Morgan fingerprint density at radius 2 is 1.95 bits per heavy atom. The van der Waals surface area contributed by atoms with Gasteiger partial charge >= 0.3 is 0 Å². The predicted octanol–water partition coefficient (Wildman–Crippen LogP) is 4.14. The monoisotopic (exact) mass is 328 g/mol. The molecule has 1 aromatic carbocycles. The SMILES string of the molecule is CC(O)c1ccnc(Oc2c(Cl)cc([N+](=O)[O-])cc2Cl)c1. The van der Waals surface area contributed by atoms with Crippen LogP contribution in [-0.2, 0) is 0 Å². The Kier molecular flexibility index (Phi) is 4.62. The van der Waals surface area contributed by atoms with Crippen LogP contribution in [0.3, 0.4) is 0 Å². The minimum atomic E-state index is -0.682. The largest absolute Gasteiger partial charge is 0.436 e. The first-order valence-corrected chi connectivity index (χ1v) is 6.59. The van der Waals surface area contributed by atoms with Crippen molar-refractivity contribution in [2.75, 3.05) is 0 Å². The van der Waals surface area contributed by atoms with Crippen LogP contribution in [0.4, 0.5) is 5.69 Å². The molecule has 1 unspecified atom stereocenters. The number of rotatable bonds is 4. The Labute approximate surface area is 130 Å². The van der Waals surface area contributed by atoms with Gasteiger partial charge in [0.1, 0.15) is 0 Å². The van der Waals surface area contributed by atoms with Gasteiger partial charge in [-0.3, -0.25) is 10.1 Å². The fourth-order valence-corrected chi connectivity index (χ4v) is 2.15. The summed E-state index contributed by atoms with van der Waals surface area (Å²) in [5.41, 5.74) is 0.372. The van der Waals surface area contributed by atoms with E-state index in [2.05, 4.69) is 4.98 Å². The molecular formula is C13H10Cl2N2O4. The Morgan fingerprint density at radius 1 is 1.33 bits per heavy atom. The first-order valence-electron chi connectivity index (χ1n) is 5.84. The average molecular weight is 329 g/mol. The number of hydrogen-bond acceptors (Lipinski definition) is 5. The van der Waals surface area contributed by atoms with Gasteiger partial charge < -0.3 is 9.84 Å². The number of non-ortho nitro benzene ring substituents is 1. The van der Waals surface area contributed by atoms with Gasteiger partial charge in [-0.25, -0.2) is 4.98 Å². The predicted molar refractivity (Wildman–Crippen MR) is 78.1 cm³/mol. The van der Waals surface area contributed by atoms with E-state index in [9.17, 15) is 15.2 Å². The highest BCUT2D eigenvalue weighted by Crippen LogP contribution is 2.39. The van der Waals surface area contributed by atoms with E-state index in [4.69, 9.17) is 27.9 Å². The highest BCUT2D eigenvalue weighted by molar-refractivity contribution is 6.37. The number of aliphatic hydroxyl groups excluding tert-OH is 1. The number of nitro groups is 1. The van der Waals surface area contributed by atoms with E-state index in [1.165, 1.54) is 12.3 Å². The van der Waals surface area contributed by atoms with Crippen molar-refractivity contribution in [2.45, 2.75) is 13.0 Å². The first kappa shape index (κ1) is 15.5. The summed E-state index contributed by atoms with van der Waals surface area (Å²) >= 11 is 11.9. The van der Waals surface area contributed by atoms with Crippen LogP contribution in [0.15, 0.2) is 30.5 Å². The maximum absolute atomic E-state index is 10.7. The standard InChI is InChI=1S/C13H10Cl2N2O4/c1-7(18)8-2-3-16-12(4-8)21-13-10(14)5-9(17(19)20)6-11(13)15/h2-7,18H,1H3. The van der Waals surface area contributed by atoms with Gasteiger partial charge in [-0.1, -0.05) is 23.2 Å². The summed E-state index contributed by atoms with van der Waals surface area (Å²) in [5, 5.41) is 20.2. The molecule has 2 aromatic rings. The molecule has 0 aliphatic heterocycles. The van der Waals surface area contributed by atoms with Gasteiger partial charge in [0, 0.05) is 24.4 Å². The Morgan fingerprint density at radius 3 is 2.48 bits per heavy atom. The van der Waals surface area contributed by atoms with Crippen LogP contribution in [0.1, 0.15) is 18.6 Å². The van der Waals surface area contributed by atoms with Gasteiger partial charge in [0.15, 0.2) is 5.75 Å². The van der Waals surface area contributed by atoms with Crippen molar-refractivity contribution in [1.82, 2.24) is 4.98 Å². The fourth-order valence-electron chi connectivity index (χ4n) is 1.59. The van der Waals surface area contributed by atoms with Gasteiger partial charge in [0.05, 0.1) is 21.1 Å². The summed E-state index contributed by atoms with van der Waals surface area (Å²) < 4.78 is 5.46. The number of nitro benzene ring substituents is 1. The lowest BCUT2D eigenvalue weighted by atomic mass is 10.2. The normalized spacial score (nSPS) is 12.0. The van der Waals surface area contributed by atoms with E-state index in [-0.39, 0.29) is 27.4 Å². The molecule has 8 heteroatoms. The summed E-state index contributed by atoms with van der Waals surface area (Å²) in [6, 6.07) is 5.44. The third-order valence-electron chi connectivity index (χ3n) is 2.64. The highest BCUT2D eigenvalue weighted by Gasteiger charge is 2.17. The summed E-state index contributed by atoms with van der Waals surface area (Å²) in [7, 11) is 0. The van der Waals surface area contributed by atoms with Gasteiger partial charge in [-0.15, -0.1) is 0 Å². The number of aliphatic hydroxyl groups is 1. The van der Waals surface area contributed by atoms with Crippen molar-refractivity contribution < 1.29 is 14.8 Å². The summed E-state index contributed by atoms with van der Waals surface area (Å²) in [6.07, 6.45) is 0.781. The van der Waals surface area contributed by atoms with E-state index in [1.807, 2.05) is 0 Å². The maximum Gasteiger partial charge on any atom is 0.272 e. The molecule has 0 amide bonds. The molecule has 21 heavy (non-hydrogen) atoms. The molecule has 0 spiro atoms. The Balaban J connectivity index is 2.36. The molecule has 0 saturated carbocycles. The van der Waals surface area contributed by atoms with Crippen LogP contribution >= 0.6 is 23.2 Å². The van der Waals surface area contributed by atoms with Crippen molar-refractivity contribution in [3.05, 3.63) is 56.2 Å². The zero-order valence-electron chi connectivity index (χ0n) is 10.8. The zero-order chi connectivity index (χ0) is 15.6. The van der Waals surface area contributed by atoms with Gasteiger partial charge in [-0.2, -0.15) is 0 Å². The summed E-state index contributed by atoms with van der Waals surface area (Å²) in [4.78, 5) is 14.1. The molecule has 110 valence electrons. The van der Waals surface area contributed by atoms with E-state index in [0.717, 1.165) is 12.1 Å². The molecule has 0 radical (unpaired) electrons. The molecule has 0 saturated heterocycles. The van der Waals surface area contributed by atoms with E-state index >= 15 is 0 Å². The molecule has 0 fully saturated rings. The number of pyridine rings is 1. The summed E-state index contributed by atoms with van der Waals surface area (Å²) in [5.74, 6) is 0.241. The maximum atomic E-state index is 10.7. The van der Waals surface area contributed by atoms with Crippen LogP contribution in [0, 0.1) is 10.1 Å². The molecule has 0 bridgehead atoms. The Hall–Kier alpha value is -1.89. The fraction of sp³-hybridized carbons (Fsp3) is 0.154. The highest BCUT2D eigenvalue weighted by atomic mass is 35.5. The van der Waals surface area contributed by atoms with Crippen LogP contribution in [-0.4, -0.2) is 15.0 Å². The molecular weight excluding hydrogens is 319 g/mol. The molecule has 1 aromatic heterocycles. The molecule has 1 N–H and O–H groups in total. The van der Waals surface area contributed by atoms with Gasteiger partial charge in [-0.05, 0) is 18.6 Å². The number of benzene rings is 1. The molecule has 6 nitrogen and oxygen atoms in total. The zero-order valence-corrected chi connectivity index (χ0v) is 12.3. The smallest absolute Gasteiger partial charge is 0.272 e. The molecule has 0 aliphatic carbocycles. The minimum absolute atomic E-state index is 0.00144. The van der Waals surface area contributed by atoms with Crippen molar-refractivity contribution in [1.29, 1.82) is 0 Å². The van der Waals surface area contributed by atoms with Crippen LogP contribution in [0.5, 0.6) is 11.6 Å². The van der Waals surface area contributed by atoms with Crippen molar-refractivity contribution in [3.63, 3.8) is 0 Å². The third kappa shape index (κ3) is 3.60. The second kappa shape index (κ2) is 6.26. The lowest BCUT2D eigenvalue weighted by molar-refractivity contribution is -0.384. The Bertz CT molecular complexity index is 669. The second-order valence-electron chi connectivity index (χ2n) is 4.20. The van der Waals surface area contributed by atoms with Crippen LogP contribution < -0.4 is 4.74 Å². The number of halogens is 2. The van der Waals surface area contributed by atoms with Crippen molar-refractivity contribution in [2.24, 2.45) is 0 Å². The van der Waals surface area contributed by atoms with Gasteiger partial charge in [0.2, 0.25) is 5.88 Å². The first-order chi connectivity index (χ1) is 9.88. The molecule has 1 heterocycles. The van der Waals surface area contributed by atoms with E-state index < -0.39 is 11.0 Å². The van der Waals surface area contributed by atoms with Crippen LogP contribution in [0.2, 0.25) is 10.0 Å². The molecule has 0 aliphatic rings. The number of ether oxygens (including phenoxy) is 1. The van der Waals surface area contributed by atoms with Crippen LogP contribution in [0.25, 0.3) is 0 Å². The quantitative estimate of drug-likeness (QED) is 0.673. The van der Waals surface area contributed by atoms with E-state index in [0.29, 0.717) is 5.56 Å². The molecule has 1 atom stereocenters.